The Labute approximate surface area is 129 Å². The van der Waals surface area contributed by atoms with Crippen molar-refractivity contribution in [2.45, 2.75) is 89.4 Å². The van der Waals surface area contributed by atoms with Crippen molar-refractivity contribution in [1.82, 2.24) is 10.2 Å². The highest BCUT2D eigenvalue weighted by molar-refractivity contribution is 5.81. The predicted molar refractivity (Wildman–Crippen MR) is 85.3 cm³/mol. The van der Waals surface area contributed by atoms with E-state index in [9.17, 15) is 4.79 Å². The Morgan fingerprint density at radius 1 is 1.38 bits per heavy atom. The molecule has 2 atom stereocenters. The highest BCUT2D eigenvalue weighted by atomic mass is 16.5. The zero-order chi connectivity index (χ0) is 15.5. The number of hydrogen-bond donors (Lipinski definition) is 1. The summed E-state index contributed by atoms with van der Waals surface area (Å²) >= 11 is 0. The Morgan fingerprint density at radius 2 is 2.10 bits per heavy atom. The highest BCUT2D eigenvalue weighted by Crippen LogP contribution is 2.36. The lowest BCUT2D eigenvalue weighted by atomic mass is 9.77. The maximum atomic E-state index is 12.4. The number of esters is 1. The Bertz CT molecular complexity index is 355. The van der Waals surface area contributed by atoms with E-state index in [1.165, 1.54) is 26.4 Å². The van der Waals surface area contributed by atoms with Crippen LogP contribution >= 0.6 is 0 Å². The highest BCUT2D eigenvalue weighted by Gasteiger charge is 2.47. The van der Waals surface area contributed by atoms with Crippen molar-refractivity contribution in [1.29, 1.82) is 0 Å². The SMILES string of the molecule is CCCN(C(C)C)C1CCCC(NC2CC2)(C(=O)OC)C1. The molecule has 2 aliphatic carbocycles. The number of carbonyl (C=O) groups excluding carboxylic acids is 1. The van der Waals surface area contributed by atoms with Crippen LogP contribution in [0.2, 0.25) is 0 Å². The summed E-state index contributed by atoms with van der Waals surface area (Å²) < 4.78 is 5.15. The van der Waals surface area contributed by atoms with E-state index in [0.717, 1.165) is 32.2 Å². The zero-order valence-corrected chi connectivity index (χ0v) is 14.2. The molecule has 2 fully saturated rings. The van der Waals surface area contributed by atoms with Gasteiger partial charge in [-0.25, -0.2) is 0 Å². The normalized spacial score (nSPS) is 29.9. The molecule has 0 heterocycles. The molecule has 0 saturated heterocycles. The number of nitrogens with one attached hydrogen (secondary N) is 1. The van der Waals surface area contributed by atoms with Gasteiger partial charge in [0, 0.05) is 18.1 Å². The van der Waals surface area contributed by atoms with Crippen LogP contribution in [0.25, 0.3) is 0 Å². The van der Waals surface area contributed by atoms with E-state index >= 15 is 0 Å². The molecule has 122 valence electrons. The first-order valence-corrected chi connectivity index (χ1v) is 8.64. The molecule has 2 saturated carbocycles. The number of hydrogen-bond acceptors (Lipinski definition) is 4. The van der Waals surface area contributed by atoms with Crippen LogP contribution in [0.1, 0.15) is 65.7 Å². The van der Waals surface area contributed by atoms with Crippen LogP contribution < -0.4 is 5.32 Å². The quantitative estimate of drug-likeness (QED) is 0.734. The fourth-order valence-corrected chi connectivity index (χ4v) is 3.84. The monoisotopic (exact) mass is 296 g/mol. The Balaban J connectivity index is 2.12. The van der Waals surface area contributed by atoms with Gasteiger partial charge in [-0.2, -0.15) is 0 Å². The molecule has 21 heavy (non-hydrogen) atoms. The second-order valence-corrected chi connectivity index (χ2v) is 7.07. The lowest BCUT2D eigenvalue weighted by Gasteiger charge is -2.45. The van der Waals surface area contributed by atoms with Crippen LogP contribution in [0.4, 0.5) is 0 Å². The van der Waals surface area contributed by atoms with Crippen molar-refractivity contribution in [3.63, 3.8) is 0 Å². The number of carbonyl (C=O) groups is 1. The van der Waals surface area contributed by atoms with Gasteiger partial charge in [-0.15, -0.1) is 0 Å². The van der Waals surface area contributed by atoms with Gasteiger partial charge in [-0.05, 0) is 65.3 Å². The topological polar surface area (TPSA) is 41.6 Å². The van der Waals surface area contributed by atoms with Crippen molar-refractivity contribution in [3.05, 3.63) is 0 Å². The first kappa shape index (κ1) is 16.8. The number of rotatable bonds is 7. The molecule has 1 N–H and O–H groups in total. The van der Waals surface area contributed by atoms with Gasteiger partial charge in [0.05, 0.1) is 7.11 Å². The molecule has 0 spiro atoms. The van der Waals surface area contributed by atoms with Gasteiger partial charge in [0.1, 0.15) is 5.54 Å². The second kappa shape index (κ2) is 7.10. The van der Waals surface area contributed by atoms with Crippen LogP contribution in [0, 0.1) is 0 Å². The lowest BCUT2D eigenvalue weighted by Crippen LogP contribution is -2.60. The molecule has 2 rings (SSSR count). The number of methoxy groups -OCH3 is 1. The van der Waals surface area contributed by atoms with Crippen molar-refractivity contribution in [2.24, 2.45) is 0 Å². The average molecular weight is 296 g/mol. The van der Waals surface area contributed by atoms with Gasteiger partial charge in [-0.3, -0.25) is 15.0 Å². The molecule has 0 aromatic carbocycles. The molecule has 2 aliphatic rings. The van der Waals surface area contributed by atoms with Gasteiger partial charge < -0.3 is 4.74 Å². The van der Waals surface area contributed by atoms with E-state index < -0.39 is 5.54 Å². The van der Waals surface area contributed by atoms with E-state index in [2.05, 4.69) is 31.0 Å². The van der Waals surface area contributed by atoms with E-state index in [1.54, 1.807) is 0 Å². The first-order chi connectivity index (χ1) is 10.0. The van der Waals surface area contributed by atoms with Crippen molar-refractivity contribution in [3.8, 4) is 0 Å². The lowest BCUT2D eigenvalue weighted by molar-refractivity contribution is -0.151. The largest absolute Gasteiger partial charge is 0.468 e. The Kier molecular flexibility index (Phi) is 5.67. The van der Waals surface area contributed by atoms with E-state index in [4.69, 9.17) is 4.74 Å². The molecule has 0 aromatic heterocycles. The number of ether oxygens (including phenoxy) is 1. The van der Waals surface area contributed by atoms with Crippen molar-refractivity contribution >= 4 is 5.97 Å². The third-order valence-corrected chi connectivity index (χ3v) is 4.97. The standard InChI is InChI=1S/C17H32N2O2/c1-5-11-19(13(2)3)15-7-6-10-17(12-15,16(20)21-4)18-14-8-9-14/h13-15,18H,5-12H2,1-4H3. The molecule has 0 aliphatic heterocycles. The van der Waals surface area contributed by atoms with Crippen LogP contribution in [-0.2, 0) is 9.53 Å². The minimum atomic E-state index is -0.445. The third kappa shape index (κ3) is 3.98. The Morgan fingerprint density at radius 3 is 2.62 bits per heavy atom. The fourth-order valence-electron chi connectivity index (χ4n) is 3.84. The molecule has 0 radical (unpaired) electrons. The van der Waals surface area contributed by atoms with Crippen LogP contribution in [0.15, 0.2) is 0 Å². The minimum Gasteiger partial charge on any atom is -0.468 e. The van der Waals surface area contributed by atoms with E-state index in [-0.39, 0.29) is 5.97 Å². The molecular formula is C17H32N2O2. The van der Waals surface area contributed by atoms with Gasteiger partial charge in [0.25, 0.3) is 0 Å². The summed E-state index contributed by atoms with van der Waals surface area (Å²) in [6.45, 7) is 7.87. The Hall–Kier alpha value is -0.610. The van der Waals surface area contributed by atoms with Gasteiger partial charge in [0.2, 0.25) is 0 Å². The first-order valence-electron chi connectivity index (χ1n) is 8.64. The van der Waals surface area contributed by atoms with Crippen LogP contribution in [0.3, 0.4) is 0 Å². The van der Waals surface area contributed by atoms with Crippen molar-refractivity contribution < 1.29 is 9.53 Å². The summed E-state index contributed by atoms with van der Waals surface area (Å²) in [4.78, 5) is 15.0. The summed E-state index contributed by atoms with van der Waals surface area (Å²) in [6.07, 6.45) is 7.68. The molecule has 4 nitrogen and oxygen atoms in total. The van der Waals surface area contributed by atoms with Crippen LogP contribution in [0.5, 0.6) is 0 Å². The minimum absolute atomic E-state index is 0.0562. The van der Waals surface area contributed by atoms with Gasteiger partial charge in [-0.1, -0.05) is 6.92 Å². The summed E-state index contributed by atoms with van der Waals surface area (Å²) in [5, 5.41) is 3.62. The molecular weight excluding hydrogens is 264 g/mol. The van der Waals surface area contributed by atoms with Crippen molar-refractivity contribution in [2.75, 3.05) is 13.7 Å². The molecule has 2 unspecified atom stereocenters. The molecule has 4 heteroatoms. The maximum Gasteiger partial charge on any atom is 0.326 e. The van der Waals surface area contributed by atoms with E-state index in [1.807, 2.05) is 0 Å². The molecule has 0 amide bonds. The molecule has 0 bridgehead atoms. The second-order valence-electron chi connectivity index (χ2n) is 7.07. The van der Waals surface area contributed by atoms with E-state index in [0.29, 0.717) is 18.1 Å². The third-order valence-electron chi connectivity index (χ3n) is 4.97. The number of nitrogens with zero attached hydrogens (tertiary/aromatic N) is 1. The summed E-state index contributed by atoms with van der Waals surface area (Å²) in [7, 11) is 1.52. The summed E-state index contributed by atoms with van der Waals surface area (Å²) in [6, 6.07) is 1.55. The predicted octanol–water partition coefficient (Wildman–Crippen LogP) is 2.71. The fraction of sp³-hybridized carbons (Fsp3) is 0.941. The smallest absolute Gasteiger partial charge is 0.326 e. The van der Waals surface area contributed by atoms with Gasteiger partial charge in [0.15, 0.2) is 0 Å². The summed E-state index contributed by atoms with van der Waals surface area (Å²) in [5.74, 6) is -0.0562. The molecule has 0 aromatic rings. The maximum absolute atomic E-state index is 12.4. The van der Waals surface area contributed by atoms with Gasteiger partial charge >= 0.3 is 5.97 Å². The summed E-state index contributed by atoms with van der Waals surface area (Å²) in [5.41, 5.74) is -0.445. The van der Waals surface area contributed by atoms with Crippen LogP contribution in [-0.4, -0.2) is 48.2 Å². The average Bonchev–Trinajstić information content (AvgIpc) is 3.27. The zero-order valence-electron chi connectivity index (χ0n) is 14.2.